The van der Waals surface area contributed by atoms with E-state index in [9.17, 15) is 0 Å². The summed E-state index contributed by atoms with van der Waals surface area (Å²) >= 11 is 0. The van der Waals surface area contributed by atoms with Gasteiger partial charge in [0.1, 0.15) is 0 Å². The number of methoxy groups -OCH3 is 2. The Balaban J connectivity index is 1.71. The van der Waals surface area contributed by atoms with Gasteiger partial charge in [-0.15, -0.1) is 0 Å². The van der Waals surface area contributed by atoms with Gasteiger partial charge in [0.2, 0.25) is 0 Å². The van der Waals surface area contributed by atoms with Crippen LogP contribution in [0.5, 0.6) is 11.5 Å². The molecular weight excluding hydrogens is 304 g/mol. The third-order valence-corrected chi connectivity index (χ3v) is 3.51. The predicted molar refractivity (Wildman–Crippen MR) is 92.0 cm³/mol. The van der Waals surface area contributed by atoms with E-state index in [0.717, 1.165) is 11.1 Å². The van der Waals surface area contributed by atoms with Gasteiger partial charge in [-0.25, -0.2) is 0 Å². The van der Waals surface area contributed by atoms with Crippen LogP contribution in [0.25, 0.3) is 12.2 Å². The monoisotopic (exact) mass is 322 g/mol. The number of hydrogen-bond acceptors (Lipinski definition) is 5. The van der Waals surface area contributed by atoms with Gasteiger partial charge in [0.25, 0.3) is 5.89 Å². The fourth-order valence-corrected chi connectivity index (χ4v) is 2.31. The van der Waals surface area contributed by atoms with Crippen LogP contribution in [0.15, 0.2) is 53.1 Å². The van der Waals surface area contributed by atoms with E-state index in [1.165, 1.54) is 0 Å². The minimum absolute atomic E-state index is 0.481. The Kier molecular flexibility index (Phi) is 4.91. The highest BCUT2D eigenvalue weighted by molar-refractivity contribution is 5.65. The molecule has 0 fully saturated rings. The molecule has 0 amide bonds. The number of ether oxygens (including phenoxy) is 2. The normalized spacial score (nSPS) is 10.9. The molecule has 24 heavy (non-hydrogen) atoms. The predicted octanol–water partition coefficient (Wildman–Crippen LogP) is 3.85. The zero-order valence-corrected chi connectivity index (χ0v) is 13.6. The van der Waals surface area contributed by atoms with E-state index in [1.807, 2.05) is 54.6 Å². The second-order valence-electron chi connectivity index (χ2n) is 5.16. The van der Waals surface area contributed by atoms with E-state index >= 15 is 0 Å². The molecule has 0 atom stereocenters. The molecule has 0 radical (unpaired) electrons. The van der Waals surface area contributed by atoms with Gasteiger partial charge in [-0.3, -0.25) is 0 Å². The van der Waals surface area contributed by atoms with Gasteiger partial charge >= 0.3 is 0 Å². The van der Waals surface area contributed by atoms with Crippen LogP contribution in [0.1, 0.15) is 22.8 Å². The zero-order valence-electron chi connectivity index (χ0n) is 13.6. The molecule has 1 heterocycles. The highest BCUT2D eigenvalue weighted by Gasteiger charge is 2.08. The lowest BCUT2D eigenvalue weighted by atomic mass is 10.1. The van der Waals surface area contributed by atoms with Crippen LogP contribution in [0.2, 0.25) is 0 Å². The highest BCUT2D eigenvalue weighted by atomic mass is 16.5. The van der Waals surface area contributed by atoms with Gasteiger partial charge in [0.05, 0.1) is 14.2 Å². The van der Waals surface area contributed by atoms with Crippen molar-refractivity contribution in [2.75, 3.05) is 14.2 Å². The summed E-state index contributed by atoms with van der Waals surface area (Å²) in [6.45, 7) is 0. The van der Waals surface area contributed by atoms with Crippen LogP contribution in [0.4, 0.5) is 0 Å². The number of aromatic nitrogens is 2. The lowest BCUT2D eigenvalue weighted by Gasteiger charge is -2.08. The second-order valence-corrected chi connectivity index (χ2v) is 5.16. The van der Waals surface area contributed by atoms with E-state index < -0.39 is 0 Å². The van der Waals surface area contributed by atoms with Crippen molar-refractivity contribution >= 4 is 12.2 Å². The highest BCUT2D eigenvalue weighted by Crippen LogP contribution is 2.28. The smallest absolute Gasteiger partial charge is 0.250 e. The Bertz CT molecular complexity index is 826. The van der Waals surface area contributed by atoms with E-state index in [0.29, 0.717) is 29.6 Å². The lowest BCUT2D eigenvalue weighted by Crippen LogP contribution is -1.95. The quantitative estimate of drug-likeness (QED) is 0.690. The van der Waals surface area contributed by atoms with E-state index in [4.69, 9.17) is 14.0 Å². The van der Waals surface area contributed by atoms with Crippen molar-refractivity contribution in [3.05, 3.63) is 71.4 Å². The Hall–Kier alpha value is -3.08. The maximum Gasteiger partial charge on any atom is 0.250 e. The standard InChI is InChI=1S/C19H18N2O3/c1-22-16-10-8-15(12-17(16)23-2)13-18-20-19(24-21-18)11-9-14-6-4-3-5-7-14/h3-12H,13H2,1-2H3/b11-9+. The Morgan fingerprint density at radius 3 is 2.50 bits per heavy atom. The molecule has 5 nitrogen and oxygen atoms in total. The van der Waals surface area contributed by atoms with Crippen LogP contribution in [0, 0.1) is 0 Å². The summed E-state index contributed by atoms with van der Waals surface area (Å²) in [4.78, 5) is 4.38. The molecule has 0 bridgehead atoms. The van der Waals surface area contributed by atoms with E-state index in [1.54, 1.807) is 20.3 Å². The van der Waals surface area contributed by atoms with Crippen molar-refractivity contribution in [1.82, 2.24) is 10.1 Å². The van der Waals surface area contributed by atoms with Crippen LogP contribution in [0.3, 0.4) is 0 Å². The van der Waals surface area contributed by atoms with Crippen molar-refractivity contribution in [2.24, 2.45) is 0 Å². The molecule has 0 aliphatic heterocycles. The molecule has 0 saturated heterocycles. The maximum absolute atomic E-state index is 5.31. The summed E-state index contributed by atoms with van der Waals surface area (Å²) in [7, 11) is 3.23. The summed E-state index contributed by atoms with van der Waals surface area (Å²) in [5.74, 6) is 2.48. The average Bonchev–Trinajstić information content (AvgIpc) is 3.08. The van der Waals surface area contributed by atoms with Gasteiger partial charge in [-0.1, -0.05) is 41.6 Å². The number of rotatable bonds is 6. The van der Waals surface area contributed by atoms with Crippen molar-refractivity contribution in [2.45, 2.75) is 6.42 Å². The van der Waals surface area contributed by atoms with Crippen LogP contribution >= 0.6 is 0 Å². The Morgan fingerprint density at radius 2 is 1.75 bits per heavy atom. The molecule has 0 spiro atoms. The van der Waals surface area contributed by atoms with Crippen molar-refractivity contribution < 1.29 is 14.0 Å². The van der Waals surface area contributed by atoms with Gasteiger partial charge in [-0.05, 0) is 29.3 Å². The lowest BCUT2D eigenvalue weighted by molar-refractivity contribution is 0.354. The van der Waals surface area contributed by atoms with Crippen molar-refractivity contribution in [3.63, 3.8) is 0 Å². The topological polar surface area (TPSA) is 57.4 Å². The molecule has 0 aliphatic rings. The summed E-state index contributed by atoms with van der Waals surface area (Å²) in [5, 5.41) is 4.01. The first kappa shape index (κ1) is 15.8. The number of benzene rings is 2. The first-order valence-electron chi connectivity index (χ1n) is 7.55. The molecular formula is C19H18N2O3. The van der Waals surface area contributed by atoms with Gasteiger partial charge in [0.15, 0.2) is 17.3 Å². The third kappa shape index (κ3) is 3.81. The molecule has 2 aromatic carbocycles. The Labute approximate surface area is 140 Å². The fraction of sp³-hybridized carbons (Fsp3) is 0.158. The fourth-order valence-electron chi connectivity index (χ4n) is 2.31. The summed E-state index contributed by atoms with van der Waals surface area (Å²) in [6, 6.07) is 15.7. The SMILES string of the molecule is COc1ccc(Cc2noc(/C=C/c3ccccc3)n2)cc1OC. The van der Waals surface area contributed by atoms with Crippen LogP contribution in [-0.2, 0) is 6.42 Å². The zero-order chi connectivity index (χ0) is 16.8. The van der Waals surface area contributed by atoms with Gasteiger partial charge in [0, 0.05) is 12.5 Å². The summed E-state index contributed by atoms with van der Waals surface area (Å²) < 4.78 is 15.8. The molecule has 3 rings (SSSR count). The minimum Gasteiger partial charge on any atom is -0.493 e. The van der Waals surface area contributed by atoms with E-state index in [2.05, 4.69) is 10.1 Å². The minimum atomic E-state index is 0.481. The molecule has 0 N–H and O–H groups in total. The average molecular weight is 322 g/mol. The van der Waals surface area contributed by atoms with Crippen molar-refractivity contribution in [1.29, 1.82) is 0 Å². The van der Waals surface area contributed by atoms with Gasteiger partial charge in [-0.2, -0.15) is 4.98 Å². The maximum atomic E-state index is 5.31. The first-order chi connectivity index (χ1) is 11.8. The van der Waals surface area contributed by atoms with Crippen molar-refractivity contribution in [3.8, 4) is 11.5 Å². The molecule has 122 valence electrons. The second kappa shape index (κ2) is 7.46. The van der Waals surface area contributed by atoms with E-state index in [-0.39, 0.29) is 0 Å². The first-order valence-corrected chi connectivity index (χ1v) is 7.55. The molecule has 0 saturated carbocycles. The third-order valence-electron chi connectivity index (χ3n) is 3.51. The molecule has 1 aromatic heterocycles. The number of nitrogens with zero attached hydrogens (tertiary/aromatic N) is 2. The Morgan fingerprint density at radius 1 is 0.958 bits per heavy atom. The molecule has 0 unspecified atom stereocenters. The largest absolute Gasteiger partial charge is 0.493 e. The summed E-state index contributed by atoms with van der Waals surface area (Å²) in [6.07, 6.45) is 4.30. The molecule has 5 heteroatoms. The van der Waals surface area contributed by atoms with Crippen LogP contribution < -0.4 is 9.47 Å². The van der Waals surface area contributed by atoms with Gasteiger partial charge < -0.3 is 14.0 Å². The van der Waals surface area contributed by atoms with Crippen LogP contribution in [-0.4, -0.2) is 24.4 Å². The molecule has 3 aromatic rings. The molecule has 0 aliphatic carbocycles. The number of hydrogen-bond donors (Lipinski definition) is 0. The summed E-state index contributed by atoms with van der Waals surface area (Å²) in [5.41, 5.74) is 2.10.